The summed E-state index contributed by atoms with van der Waals surface area (Å²) in [6, 6.07) is 5.09. The number of rotatable bonds is 7. The second-order valence-corrected chi connectivity index (χ2v) is 6.29. The van der Waals surface area contributed by atoms with E-state index in [9.17, 15) is 9.50 Å². The van der Waals surface area contributed by atoms with Gasteiger partial charge in [0.1, 0.15) is 5.82 Å². The monoisotopic (exact) mass is 282 g/mol. The van der Waals surface area contributed by atoms with Crippen molar-refractivity contribution < 1.29 is 9.50 Å². The van der Waals surface area contributed by atoms with Gasteiger partial charge in [0.15, 0.2) is 0 Å². The van der Waals surface area contributed by atoms with Gasteiger partial charge in [-0.3, -0.25) is 0 Å². The van der Waals surface area contributed by atoms with E-state index >= 15 is 0 Å². The Kier molecular flexibility index (Phi) is 5.96. The van der Waals surface area contributed by atoms with E-state index in [0.29, 0.717) is 18.0 Å². The Labute approximate surface area is 121 Å². The Bertz CT molecular complexity index is 432. The van der Waals surface area contributed by atoms with E-state index in [1.54, 1.807) is 6.07 Å². The fourth-order valence-electron chi connectivity index (χ4n) is 1.95. The van der Waals surface area contributed by atoms with E-state index in [1.807, 2.05) is 31.9 Å². The fourth-order valence-corrected chi connectivity index (χ4v) is 1.95. The van der Waals surface area contributed by atoms with Gasteiger partial charge in [-0.25, -0.2) is 4.39 Å². The van der Waals surface area contributed by atoms with Crippen LogP contribution in [0, 0.1) is 11.7 Å². The number of hydrogen-bond donors (Lipinski definition) is 2. The average Bonchev–Trinajstić information content (AvgIpc) is 2.39. The summed E-state index contributed by atoms with van der Waals surface area (Å²) in [5.74, 6) is 0.316. The quantitative estimate of drug-likeness (QED) is 0.807. The van der Waals surface area contributed by atoms with Crippen molar-refractivity contribution in [1.29, 1.82) is 0 Å². The van der Waals surface area contributed by atoms with Gasteiger partial charge < -0.3 is 15.3 Å². The summed E-state index contributed by atoms with van der Waals surface area (Å²) in [6.45, 7) is 9.46. The van der Waals surface area contributed by atoms with E-state index in [-0.39, 0.29) is 12.4 Å². The third-order valence-corrected chi connectivity index (χ3v) is 3.60. The minimum atomic E-state index is -0.430. The molecule has 0 bridgehead atoms. The minimum absolute atomic E-state index is 0.0128. The Morgan fingerprint density at radius 3 is 2.55 bits per heavy atom. The zero-order valence-electron chi connectivity index (χ0n) is 13.2. The third kappa shape index (κ3) is 4.18. The second-order valence-electron chi connectivity index (χ2n) is 6.29. The summed E-state index contributed by atoms with van der Waals surface area (Å²) in [4.78, 5) is 1.93. The molecule has 1 rings (SSSR count). The molecule has 0 unspecified atom stereocenters. The molecule has 0 aliphatic rings. The number of likely N-dealkylation sites (N-methyl/N-ethyl adjacent to an activating group) is 1. The molecule has 0 heterocycles. The van der Waals surface area contributed by atoms with Gasteiger partial charge in [-0.2, -0.15) is 0 Å². The van der Waals surface area contributed by atoms with Crippen molar-refractivity contribution in [3.05, 3.63) is 29.6 Å². The van der Waals surface area contributed by atoms with Crippen LogP contribution >= 0.6 is 0 Å². The Hall–Kier alpha value is -1.13. The zero-order chi connectivity index (χ0) is 15.3. The number of halogens is 1. The highest BCUT2D eigenvalue weighted by atomic mass is 19.1. The number of aliphatic hydroxyl groups is 1. The van der Waals surface area contributed by atoms with Crippen molar-refractivity contribution in [3.63, 3.8) is 0 Å². The van der Waals surface area contributed by atoms with Crippen LogP contribution < -0.4 is 10.2 Å². The lowest BCUT2D eigenvalue weighted by Gasteiger charge is -2.37. The van der Waals surface area contributed by atoms with Crippen LogP contribution in [0.5, 0.6) is 0 Å². The van der Waals surface area contributed by atoms with Crippen molar-refractivity contribution >= 4 is 5.69 Å². The Morgan fingerprint density at radius 2 is 2.00 bits per heavy atom. The van der Waals surface area contributed by atoms with Crippen molar-refractivity contribution in [1.82, 2.24) is 5.32 Å². The molecule has 20 heavy (non-hydrogen) atoms. The Balaban J connectivity index is 2.99. The van der Waals surface area contributed by atoms with E-state index in [1.165, 1.54) is 6.07 Å². The molecule has 0 saturated carbocycles. The maximum atomic E-state index is 14.1. The molecule has 1 aromatic carbocycles. The molecular weight excluding hydrogens is 255 g/mol. The molecule has 4 heteroatoms. The summed E-state index contributed by atoms with van der Waals surface area (Å²) in [6.07, 6.45) is 0. The topological polar surface area (TPSA) is 35.5 Å². The van der Waals surface area contributed by atoms with Gasteiger partial charge >= 0.3 is 0 Å². The van der Waals surface area contributed by atoms with Gasteiger partial charge in [0.25, 0.3) is 0 Å². The highest BCUT2D eigenvalue weighted by Gasteiger charge is 2.25. The first-order valence-electron chi connectivity index (χ1n) is 7.12. The smallest absolute Gasteiger partial charge is 0.129 e. The first-order chi connectivity index (χ1) is 9.29. The van der Waals surface area contributed by atoms with Crippen LogP contribution in [-0.2, 0) is 6.54 Å². The van der Waals surface area contributed by atoms with Gasteiger partial charge in [0, 0.05) is 24.8 Å². The molecule has 0 saturated heterocycles. The molecule has 2 N–H and O–H groups in total. The summed E-state index contributed by atoms with van der Waals surface area (Å²) >= 11 is 0. The number of aliphatic hydroxyl groups excluding tert-OH is 1. The van der Waals surface area contributed by atoms with Gasteiger partial charge in [0.05, 0.1) is 12.1 Å². The molecule has 0 spiro atoms. The van der Waals surface area contributed by atoms with Crippen molar-refractivity contribution in [3.8, 4) is 0 Å². The second kappa shape index (κ2) is 7.04. The molecule has 0 radical (unpaired) electrons. The molecule has 0 amide bonds. The van der Waals surface area contributed by atoms with E-state index < -0.39 is 5.54 Å². The predicted octanol–water partition coefficient (Wildman–Crippen LogP) is 2.78. The molecule has 0 aliphatic heterocycles. The lowest BCUT2D eigenvalue weighted by molar-refractivity contribution is 0.216. The van der Waals surface area contributed by atoms with E-state index in [2.05, 4.69) is 19.2 Å². The normalized spacial score (nSPS) is 12.0. The zero-order valence-corrected chi connectivity index (χ0v) is 13.2. The number of anilines is 1. The highest BCUT2D eigenvalue weighted by Crippen LogP contribution is 2.27. The maximum absolute atomic E-state index is 14.1. The predicted molar refractivity (Wildman–Crippen MR) is 82.5 cm³/mol. The molecule has 3 nitrogen and oxygen atoms in total. The van der Waals surface area contributed by atoms with E-state index in [4.69, 9.17) is 0 Å². The lowest BCUT2D eigenvalue weighted by atomic mass is 10.0. The van der Waals surface area contributed by atoms with Crippen LogP contribution in [0.3, 0.4) is 0 Å². The van der Waals surface area contributed by atoms with Crippen LogP contribution in [0.4, 0.5) is 10.1 Å². The summed E-state index contributed by atoms with van der Waals surface area (Å²) < 4.78 is 14.1. The van der Waals surface area contributed by atoms with Gasteiger partial charge in [-0.1, -0.05) is 19.9 Å². The lowest BCUT2D eigenvalue weighted by Crippen LogP contribution is -2.45. The SMILES string of the molecule is CC(C)CNCc1c(F)cccc1N(C)C(C)(C)CO. The minimum Gasteiger partial charge on any atom is -0.394 e. The number of hydrogen-bond acceptors (Lipinski definition) is 3. The summed E-state index contributed by atoms with van der Waals surface area (Å²) in [5, 5.41) is 12.8. The molecule has 0 atom stereocenters. The van der Waals surface area contributed by atoms with Crippen molar-refractivity contribution in [2.24, 2.45) is 5.92 Å². The van der Waals surface area contributed by atoms with Crippen molar-refractivity contribution in [2.75, 3.05) is 25.1 Å². The number of nitrogens with one attached hydrogen (secondary N) is 1. The molecular formula is C16H27FN2O. The highest BCUT2D eigenvalue weighted by molar-refractivity contribution is 5.55. The molecule has 0 aliphatic carbocycles. The first-order valence-corrected chi connectivity index (χ1v) is 7.12. The summed E-state index contributed by atoms with van der Waals surface area (Å²) in [7, 11) is 1.89. The van der Waals surface area contributed by atoms with Crippen LogP contribution in [0.2, 0.25) is 0 Å². The van der Waals surface area contributed by atoms with Crippen LogP contribution in [0.25, 0.3) is 0 Å². The average molecular weight is 282 g/mol. The van der Waals surface area contributed by atoms with Crippen LogP contribution in [0.1, 0.15) is 33.3 Å². The molecule has 1 aromatic rings. The largest absolute Gasteiger partial charge is 0.394 e. The Morgan fingerprint density at radius 1 is 1.35 bits per heavy atom. The maximum Gasteiger partial charge on any atom is 0.129 e. The first kappa shape index (κ1) is 16.9. The summed E-state index contributed by atoms with van der Waals surface area (Å²) in [5.41, 5.74) is 1.04. The van der Waals surface area contributed by atoms with Crippen LogP contribution in [0.15, 0.2) is 18.2 Å². The van der Waals surface area contributed by atoms with E-state index in [0.717, 1.165) is 12.2 Å². The fraction of sp³-hybridized carbons (Fsp3) is 0.625. The third-order valence-electron chi connectivity index (χ3n) is 3.60. The molecule has 114 valence electrons. The molecule has 0 aromatic heterocycles. The number of benzene rings is 1. The van der Waals surface area contributed by atoms with Crippen LogP contribution in [-0.4, -0.2) is 30.8 Å². The standard InChI is InChI=1S/C16H27FN2O/c1-12(2)9-18-10-13-14(17)7-6-8-15(13)19(5)16(3,4)11-20/h6-8,12,18,20H,9-11H2,1-5H3. The number of nitrogens with zero attached hydrogens (tertiary/aromatic N) is 1. The van der Waals surface area contributed by atoms with Crippen molar-refractivity contribution in [2.45, 2.75) is 39.8 Å². The molecule has 0 fully saturated rings. The van der Waals surface area contributed by atoms with Gasteiger partial charge in [-0.15, -0.1) is 0 Å². The van der Waals surface area contributed by atoms with Gasteiger partial charge in [0.2, 0.25) is 0 Å². The van der Waals surface area contributed by atoms with Gasteiger partial charge in [-0.05, 0) is 38.4 Å².